The van der Waals surface area contributed by atoms with Gasteiger partial charge in [0.05, 0.1) is 11.4 Å². The number of nitrogens with zero attached hydrogens (tertiary/aromatic N) is 1. The maximum absolute atomic E-state index is 13.5. The van der Waals surface area contributed by atoms with E-state index in [4.69, 9.17) is 17.3 Å². The molecule has 0 saturated heterocycles. The van der Waals surface area contributed by atoms with Crippen molar-refractivity contribution in [2.75, 3.05) is 5.32 Å². The summed E-state index contributed by atoms with van der Waals surface area (Å²) in [5, 5.41) is 3.20. The lowest BCUT2D eigenvalue weighted by Crippen LogP contribution is -2.06. The second-order valence-electron chi connectivity index (χ2n) is 3.33. The lowest BCUT2D eigenvalue weighted by molar-refractivity contribution is 0.631. The normalized spacial score (nSPS) is 12.4. The molecule has 0 aromatic heterocycles. The van der Waals surface area contributed by atoms with Crippen LogP contribution in [-0.2, 0) is 0 Å². The quantitative estimate of drug-likeness (QED) is 0.639. The summed E-state index contributed by atoms with van der Waals surface area (Å²) in [5.74, 6) is -0.435. The van der Waals surface area contributed by atoms with E-state index in [1.54, 1.807) is 25.1 Å². The smallest absolute Gasteiger partial charge is 0.148 e. The van der Waals surface area contributed by atoms with E-state index in [-0.39, 0.29) is 0 Å². The van der Waals surface area contributed by atoms with Crippen molar-refractivity contribution in [3.05, 3.63) is 52.7 Å². The molecular weight excluding hydrogens is 241 g/mol. The maximum atomic E-state index is 13.5. The number of aliphatic imine (C=N–C) groups is 1. The molecule has 0 aliphatic carbocycles. The first-order valence-electron chi connectivity index (χ1n) is 4.85. The van der Waals surface area contributed by atoms with Crippen LogP contribution in [0.1, 0.15) is 6.92 Å². The molecule has 0 radical (unpaired) electrons. The third-order valence-electron chi connectivity index (χ3n) is 2.05. The first-order chi connectivity index (χ1) is 8.04. The molecule has 17 heavy (non-hydrogen) atoms. The van der Waals surface area contributed by atoms with Gasteiger partial charge in [-0.15, -0.1) is 0 Å². The molecule has 0 saturated carbocycles. The Labute approximate surface area is 104 Å². The molecule has 0 bridgehead atoms. The Morgan fingerprint density at radius 3 is 2.88 bits per heavy atom. The largest absolute Gasteiger partial charge is 0.397 e. The summed E-state index contributed by atoms with van der Waals surface area (Å²) in [6, 6.07) is 4.37. The van der Waals surface area contributed by atoms with Crippen molar-refractivity contribution in [2.24, 2.45) is 10.7 Å². The molecule has 1 aromatic rings. The number of nitrogens with one attached hydrogen (secondary N) is 1. The van der Waals surface area contributed by atoms with Crippen molar-refractivity contribution < 1.29 is 4.39 Å². The van der Waals surface area contributed by atoms with Gasteiger partial charge in [-0.2, -0.15) is 0 Å². The van der Waals surface area contributed by atoms with E-state index in [9.17, 15) is 4.39 Å². The van der Waals surface area contributed by atoms with Crippen molar-refractivity contribution >= 4 is 24.0 Å². The highest BCUT2D eigenvalue weighted by molar-refractivity contribution is 6.30. The number of hydrogen-bond donors (Lipinski definition) is 2. The number of hydrogen-bond acceptors (Lipinski definition) is 3. The molecular formula is C12H13ClFN3. The van der Waals surface area contributed by atoms with E-state index in [0.29, 0.717) is 22.1 Å². The Bertz CT molecular complexity index is 481. The van der Waals surface area contributed by atoms with Gasteiger partial charge >= 0.3 is 0 Å². The molecule has 0 heterocycles. The van der Waals surface area contributed by atoms with Crippen LogP contribution in [0.5, 0.6) is 0 Å². The lowest BCUT2D eigenvalue weighted by Gasteiger charge is -2.09. The Morgan fingerprint density at radius 2 is 2.29 bits per heavy atom. The van der Waals surface area contributed by atoms with Gasteiger partial charge in [0.25, 0.3) is 0 Å². The number of benzene rings is 1. The molecule has 90 valence electrons. The van der Waals surface area contributed by atoms with Gasteiger partial charge in [-0.25, -0.2) is 4.39 Å². The number of rotatable bonds is 4. The third-order valence-corrected chi connectivity index (χ3v) is 2.28. The molecule has 0 spiro atoms. The van der Waals surface area contributed by atoms with E-state index in [1.165, 1.54) is 12.3 Å². The molecule has 1 aromatic carbocycles. The van der Waals surface area contributed by atoms with Gasteiger partial charge in [0.15, 0.2) is 0 Å². The van der Waals surface area contributed by atoms with Crippen LogP contribution in [0.2, 0.25) is 5.02 Å². The fourth-order valence-electron chi connectivity index (χ4n) is 1.12. The minimum atomic E-state index is -0.435. The number of nitrogens with two attached hydrogens (primary N) is 1. The molecule has 0 aliphatic heterocycles. The van der Waals surface area contributed by atoms with Crippen molar-refractivity contribution in [2.45, 2.75) is 6.92 Å². The summed E-state index contributed by atoms with van der Waals surface area (Å²) in [7, 11) is 0. The standard InChI is InChI=1S/C12H13ClFN3/c1-8(11(15)5-6-16-2)17-12-4-3-9(13)7-10(12)14/h3-7,17H,2,15H2,1H3/b6-5-,11-8-. The van der Waals surface area contributed by atoms with Gasteiger partial charge in [0.2, 0.25) is 0 Å². The molecule has 0 unspecified atom stereocenters. The van der Waals surface area contributed by atoms with Crippen LogP contribution in [0.4, 0.5) is 10.1 Å². The molecule has 3 N–H and O–H groups in total. The summed E-state index contributed by atoms with van der Waals surface area (Å²) < 4.78 is 13.5. The average Bonchev–Trinajstić information content (AvgIpc) is 2.29. The van der Waals surface area contributed by atoms with Crippen LogP contribution in [0.3, 0.4) is 0 Å². The van der Waals surface area contributed by atoms with Crippen LogP contribution in [-0.4, -0.2) is 6.72 Å². The summed E-state index contributed by atoms with van der Waals surface area (Å²) in [6.07, 6.45) is 3.03. The Kier molecular flexibility index (Phi) is 4.72. The average molecular weight is 254 g/mol. The van der Waals surface area contributed by atoms with Crippen LogP contribution in [0.15, 0.2) is 46.9 Å². The van der Waals surface area contributed by atoms with E-state index >= 15 is 0 Å². The van der Waals surface area contributed by atoms with E-state index in [0.717, 1.165) is 0 Å². The lowest BCUT2D eigenvalue weighted by atomic mass is 10.2. The first-order valence-corrected chi connectivity index (χ1v) is 5.23. The fourth-order valence-corrected chi connectivity index (χ4v) is 1.28. The van der Waals surface area contributed by atoms with Gasteiger partial charge in [0.1, 0.15) is 5.82 Å². The van der Waals surface area contributed by atoms with Gasteiger partial charge in [0, 0.05) is 16.9 Å². The van der Waals surface area contributed by atoms with Crippen molar-refractivity contribution in [3.8, 4) is 0 Å². The van der Waals surface area contributed by atoms with Gasteiger partial charge in [-0.1, -0.05) is 11.6 Å². The molecule has 3 nitrogen and oxygen atoms in total. The third kappa shape index (κ3) is 3.92. The molecule has 5 heteroatoms. The number of allylic oxidation sites excluding steroid dienone is 2. The van der Waals surface area contributed by atoms with E-state index < -0.39 is 5.82 Å². The SMILES string of the molecule is C=N/C=C\C(N)=C(/C)Nc1ccc(Cl)cc1F. The predicted octanol–water partition coefficient (Wildman–Crippen LogP) is 3.30. The van der Waals surface area contributed by atoms with Crippen LogP contribution < -0.4 is 11.1 Å². The van der Waals surface area contributed by atoms with Crippen molar-refractivity contribution in [1.29, 1.82) is 0 Å². The minimum absolute atomic E-state index is 0.315. The van der Waals surface area contributed by atoms with Crippen LogP contribution >= 0.6 is 11.6 Å². The number of anilines is 1. The Morgan fingerprint density at radius 1 is 1.59 bits per heavy atom. The highest BCUT2D eigenvalue weighted by Crippen LogP contribution is 2.20. The topological polar surface area (TPSA) is 50.4 Å². The zero-order valence-electron chi connectivity index (χ0n) is 9.37. The van der Waals surface area contributed by atoms with Gasteiger partial charge in [-0.3, -0.25) is 4.99 Å². The summed E-state index contributed by atoms with van der Waals surface area (Å²) >= 11 is 5.65. The van der Waals surface area contributed by atoms with E-state index in [1.807, 2.05) is 0 Å². The Balaban J connectivity index is 2.90. The first kappa shape index (κ1) is 13.3. The second kappa shape index (κ2) is 6.06. The summed E-state index contributed by atoms with van der Waals surface area (Å²) in [5.41, 5.74) is 7.11. The molecule has 0 aliphatic rings. The van der Waals surface area contributed by atoms with E-state index in [2.05, 4.69) is 17.0 Å². The maximum Gasteiger partial charge on any atom is 0.148 e. The summed E-state index contributed by atoms with van der Waals surface area (Å²) in [4.78, 5) is 3.53. The molecule has 0 amide bonds. The van der Waals surface area contributed by atoms with Crippen molar-refractivity contribution in [3.63, 3.8) is 0 Å². The highest BCUT2D eigenvalue weighted by atomic mass is 35.5. The van der Waals surface area contributed by atoms with Gasteiger partial charge < -0.3 is 11.1 Å². The Hall–Kier alpha value is -1.81. The van der Waals surface area contributed by atoms with Gasteiger partial charge in [-0.05, 0) is 37.9 Å². The predicted molar refractivity (Wildman–Crippen MR) is 70.6 cm³/mol. The fraction of sp³-hybridized carbons (Fsp3) is 0.0833. The van der Waals surface area contributed by atoms with Crippen molar-refractivity contribution in [1.82, 2.24) is 0 Å². The minimum Gasteiger partial charge on any atom is -0.397 e. The van der Waals surface area contributed by atoms with Crippen LogP contribution in [0, 0.1) is 5.82 Å². The number of halogens is 2. The second-order valence-corrected chi connectivity index (χ2v) is 3.76. The molecule has 0 fully saturated rings. The van der Waals surface area contributed by atoms with Crippen LogP contribution in [0.25, 0.3) is 0 Å². The highest BCUT2D eigenvalue weighted by Gasteiger charge is 2.03. The molecule has 0 atom stereocenters. The summed E-state index contributed by atoms with van der Waals surface area (Å²) in [6.45, 7) is 5.02. The monoisotopic (exact) mass is 253 g/mol. The zero-order valence-corrected chi connectivity index (χ0v) is 10.1. The molecule has 1 rings (SSSR count). The zero-order chi connectivity index (χ0) is 12.8.